The SMILES string of the molecule is CC[C@H](SCC(=O)Nc1ccc2ccccc2c1)C(=O)Nc1ccc(C(C)=O)cc1. The van der Waals surface area contributed by atoms with E-state index in [0.29, 0.717) is 17.7 Å². The number of nitrogens with one attached hydrogen (secondary N) is 2. The summed E-state index contributed by atoms with van der Waals surface area (Å²) in [6.07, 6.45) is 0.602. The maximum Gasteiger partial charge on any atom is 0.237 e. The molecule has 0 bridgehead atoms. The highest BCUT2D eigenvalue weighted by Crippen LogP contribution is 2.21. The number of rotatable bonds is 8. The first-order chi connectivity index (χ1) is 14.5. The Morgan fingerprint density at radius 2 is 1.53 bits per heavy atom. The van der Waals surface area contributed by atoms with Gasteiger partial charge in [-0.05, 0) is 60.5 Å². The van der Waals surface area contributed by atoms with Crippen molar-refractivity contribution in [2.75, 3.05) is 16.4 Å². The van der Waals surface area contributed by atoms with Crippen LogP contribution in [0.15, 0.2) is 66.7 Å². The minimum Gasteiger partial charge on any atom is -0.325 e. The van der Waals surface area contributed by atoms with E-state index in [1.807, 2.05) is 49.4 Å². The van der Waals surface area contributed by atoms with Gasteiger partial charge in [-0.15, -0.1) is 11.8 Å². The van der Waals surface area contributed by atoms with Crippen LogP contribution in [0.25, 0.3) is 10.8 Å². The van der Waals surface area contributed by atoms with Gasteiger partial charge in [0.25, 0.3) is 0 Å². The fourth-order valence-corrected chi connectivity index (χ4v) is 3.90. The summed E-state index contributed by atoms with van der Waals surface area (Å²) in [4.78, 5) is 36.3. The van der Waals surface area contributed by atoms with Crippen LogP contribution in [0.3, 0.4) is 0 Å². The molecule has 0 unspecified atom stereocenters. The zero-order valence-electron chi connectivity index (χ0n) is 17.0. The quantitative estimate of drug-likeness (QED) is 0.495. The van der Waals surface area contributed by atoms with Crippen LogP contribution < -0.4 is 10.6 Å². The van der Waals surface area contributed by atoms with Gasteiger partial charge >= 0.3 is 0 Å². The Bertz CT molecular complexity index is 1060. The predicted octanol–water partition coefficient (Wildman–Crippen LogP) is 5.13. The molecule has 5 nitrogen and oxygen atoms in total. The fraction of sp³-hybridized carbons (Fsp3) is 0.208. The second-order valence-electron chi connectivity index (χ2n) is 6.94. The number of hydrogen-bond donors (Lipinski definition) is 2. The van der Waals surface area contributed by atoms with Gasteiger partial charge in [0.05, 0.1) is 11.0 Å². The zero-order chi connectivity index (χ0) is 21.5. The molecule has 0 aliphatic carbocycles. The molecule has 6 heteroatoms. The summed E-state index contributed by atoms with van der Waals surface area (Å²) in [5, 5.41) is 7.57. The number of anilines is 2. The third-order valence-electron chi connectivity index (χ3n) is 4.67. The number of amides is 2. The normalized spacial score (nSPS) is 11.7. The molecule has 3 aromatic rings. The van der Waals surface area contributed by atoms with Gasteiger partial charge in [0.1, 0.15) is 0 Å². The van der Waals surface area contributed by atoms with Crippen molar-refractivity contribution < 1.29 is 14.4 Å². The van der Waals surface area contributed by atoms with Gasteiger partial charge < -0.3 is 10.6 Å². The number of carbonyl (C=O) groups excluding carboxylic acids is 3. The second-order valence-corrected chi connectivity index (χ2v) is 8.13. The molecule has 2 N–H and O–H groups in total. The molecule has 0 heterocycles. The first kappa shape index (κ1) is 21.6. The molecule has 0 aliphatic rings. The molecule has 0 aliphatic heterocycles. The van der Waals surface area contributed by atoms with Gasteiger partial charge in [0.15, 0.2) is 5.78 Å². The summed E-state index contributed by atoms with van der Waals surface area (Å²) in [5.74, 6) is -0.140. The Labute approximate surface area is 180 Å². The van der Waals surface area contributed by atoms with Gasteiger partial charge in [0.2, 0.25) is 11.8 Å². The summed E-state index contributed by atoms with van der Waals surface area (Å²) >= 11 is 1.31. The zero-order valence-corrected chi connectivity index (χ0v) is 17.8. The lowest BCUT2D eigenvalue weighted by atomic mass is 10.1. The van der Waals surface area contributed by atoms with Crippen LogP contribution in [-0.2, 0) is 9.59 Å². The van der Waals surface area contributed by atoms with E-state index in [0.717, 1.165) is 16.5 Å². The molecule has 2 amide bonds. The Hall–Kier alpha value is -3.12. The van der Waals surface area contributed by atoms with Gasteiger partial charge in [-0.2, -0.15) is 0 Å². The first-order valence-electron chi connectivity index (χ1n) is 9.78. The van der Waals surface area contributed by atoms with Crippen molar-refractivity contribution in [3.8, 4) is 0 Å². The van der Waals surface area contributed by atoms with Crippen molar-refractivity contribution in [3.05, 3.63) is 72.3 Å². The van der Waals surface area contributed by atoms with Crippen LogP contribution >= 0.6 is 11.8 Å². The molecule has 0 saturated carbocycles. The maximum absolute atomic E-state index is 12.5. The topological polar surface area (TPSA) is 75.3 Å². The number of ketones is 1. The monoisotopic (exact) mass is 420 g/mol. The predicted molar refractivity (Wildman–Crippen MR) is 124 cm³/mol. The van der Waals surface area contributed by atoms with Crippen LogP contribution in [0, 0.1) is 0 Å². The lowest BCUT2D eigenvalue weighted by Crippen LogP contribution is -2.26. The van der Waals surface area contributed by atoms with Crippen molar-refractivity contribution in [2.24, 2.45) is 0 Å². The average molecular weight is 421 g/mol. The van der Waals surface area contributed by atoms with E-state index in [4.69, 9.17) is 0 Å². The number of fused-ring (bicyclic) bond motifs is 1. The van der Waals surface area contributed by atoms with Crippen molar-refractivity contribution in [1.82, 2.24) is 0 Å². The lowest BCUT2D eigenvalue weighted by Gasteiger charge is -2.15. The molecule has 30 heavy (non-hydrogen) atoms. The van der Waals surface area contributed by atoms with Crippen LogP contribution in [0.5, 0.6) is 0 Å². The van der Waals surface area contributed by atoms with E-state index in [-0.39, 0.29) is 28.6 Å². The van der Waals surface area contributed by atoms with Gasteiger partial charge in [-0.1, -0.05) is 37.3 Å². The Kier molecular flexibility index (Phi) is 7.25. The number of thioether (sulfide) groups is 1. The average Bonchev–Trinajstić information content (AvgIpc) is 2.74. The molecule has 3 rings (SSSR count). The van der Waals surface area contributed by atoms with E-state index >= 15 is 0 Å². The molecule has 154 valence electrons. The van der Waals surface area contributed by atoms with Crippen molar-refractivity contribution >= 4 is 51.5 Å². The summed E-state index contributed by atoms with van der Waals surface area (Å²) in [6.45, 7) is 3.41. The molecule has 0 spiro atoms. The van der Waals surface area contributed by atoms with Crippen molar-refractivity contribution in [1.29, 1.82) is 0 Å². The minimum absolute atomic E-state index is 0.0210. The molecule has 1 atom stereocenters. The summed E-state index contributed by atoms with van der Waals surface area (Å²) < 4.78 is 0. The van der Waals surface area contributed by atoms with Gasteiger partial charge in [-0.25, -0.2) is 0 Å². The maximum atomic E-state index is 12.5. The van der Waals surface area contributed by atoms with E-state index in [9.17, 15) is 14.4 Å². The Balaban J connectivity index is 1.53. The largest absolute Gasteiger partial charge is 0.325 e. The van der Waals surface area contributed by atoms with E-state index < -0.39 is 0 Å². The number of carbonyl (C=O) groups is 3. The highest BCUT2D eigenvalue weighted by Gasteiger charge is 2.19. The minimum atomic E-state index is -0.347. The van der Waals surface area contributed by atoms with Crippen LogP contribution in [0.2, 0.25) is 0 Å². The fourth-order valence-electron chi connectivity index (χ4n) is 3.03. The molecular formula is C24H24N2O3S. The molecule has 0 aromatic heterocycles. The molecule has 3 aromatic carbocycles. The summed E-state index contributed by atoms with van der Waals surface area (Å²) in [6, 6.07) is 20.5. The third-order valence-corrected chi connectivity index (χ3v) is 6.05. The Morgan fingerprint density at radius 3 is 2.20 bits per heavy atom. The molecule has 0 radical (unpaired) electrons. The highest BCUT2D eigenvalue weighted by atomic mass is 32.2. The van der Waals surface area contributed by atoms with Crippen LogP contribution in [-0.4, -0.2) is 28.6 Å². The lowest BCUT2D eigenvalue weighted by molar-refractivity contribution is -0.115. The van der Waals surface area contributed by atoms with E-state index in [1.54, 1.807) is 24.3 Å². The number of benzene rings is 3. The van der Waals surface area contributed by atoms with Gasteiger partial charge in [-0.3, -0.25) is 14.4 Å². The van der Waals surface area contributed by atoms with Gasteiger partial charge in [0, 0.05) is 16.9 Å². The smallest absolute Gasteiger partial charge is 0.237 e. The third kappa shape index (κ3) is 5.70. The highest BCUT2D eigenvalue weighted by molar-refractivity contribution is 8.01. The molecular weight excluding hydrogens is 396 g/mol. The summed E-state index contributed by atoms with van der Waals surface area (Å²) in [5.41, 5.74) is 1.96. The summed E-state index contributed by atoms with van der Waals surface area (Å²) in [7, 11) is 0. The standard InChI is InChI=1S/C24H24N2O3S/c1-3-22(24(29)26-20-11-8-17(9-12-20)16(2)27)30-15-23(28)25-21-13-10-18-6-4-5-7-19(18)14-21/h4-14,22H,3,15H2,1-2H3,(H,25,28)(H,26,29)/t22-/m0/s1. The van der Waals surface area contributed by atoms with Crippen molar-refractivity contribution in [2.45, 2.75) is 25.5 Å². The van der Waals surface area contributed by atoms with Crippen molar-refractivity contribution in [3.63, 3.8) is 0 Å². The van der Waals surface area contributed by atoms with E-state index in [1.165, 1.54) is 18.7 Å². The number of Topliss-reactive ketones (excluding diaryl/α,β-unsaturated/α-hetero) is 1. The molecule has 0 saturated heterocycles. The number of hydrogen-bond acceptors (Lipinski definition) is 4. The van der Waals surface area contributed by atoms with E-state index in [2.05, 4.69) is 10.6 Å². The first-order valence-corrected chi connectivity index (χ1v) is 10.8. The second kappa shape index (κ2) is 10.1. The molecule has 0 fully saturated rings. The Morgan fingerprint density at radius 1 is 0.867 bits per heavy atom. The van der Waals surface area contributed by atoms with Crippen LogP contribution in [0.4, 0.5) is 11.4 Å². The van der Waals surface area contributed by atoms with Crippen LogP contribution in [0.1, 0.15) is 30.6 Å².